The fraction of sp³-hybridized carbons (Fsp3) is 0.357. The van der Waals surface area contributed by atoms with Crippen molar-refractivity contribution in [3.63, 3.8) is 0 Å². The third kappa shape index (κ3) is 5.98. The Bertz CT molecular complexity index is 828. The van der Waals surface area contributed by atoms with Crippen LogP contribution in [0.3, 0.4) is 0 Å². The van der Waals surface area contributed by atoms with Crippen LogP contribution in [0.5, 0.6) is 0 Å². The van der Waals surface area contributed by atoms with Crippen molar-refractivity contribution >= 4 is 22.5 Å². The van der Waals surface area contributed by atoms with Gasteiger partial charge in [-0.15, -0.1) is 0 Å². The van der Waals surface area contributed by atoms with Crippen LogP contribution in [0.15, 0.2) is 91.0 Å². The van der Waals surface area contributed by atoms with Crippen molar-refractivity contribution in [1.29, 1.82) is 0 Å². The van der Waals surface area contributed by atoms with E-state index in [-0.39, 0.29) is 0 Å². The van der Waals surface area contributed by atoms with E-state index in [1.165, 1.54) is 71.3 Å². The van der Waals surface area contributed by atoms with Crippen molar-refractivity contribution in [2.24, 2.45) is 0 Å². The maximum absolute atomic E-state index is 2.37. The molecule has 0 amide bonds. The second kappa shape index (κ2) is 11.0. The van der Waals surface area contributed by atoms with E-state index in [9.17, 15) is 0 Å². The molecular weight excluding hydrogens is 455 g/mol. The van der Waals surface area contributed by atoms with E-state index in [2.05, 4.69) is 105 Å². The van der Waals surface area contributed by atoms with Crippen molar-refractivity contribution in [2.75, 3.05) is 0 Å². The number of benzene rings is 3. The van der Waals surface area contributed by atoms with Crippen LogP contribution in [-0.2, 0) is 3.43 Å². The number of rotatable bonds is 10. The van der Waals surface area contributed by atoms with Gasteiger partial charge in [0.2, 0.25) is 0 Å². The van der Waals surface area contributed by atoms with Crippen LogP contribution in [0.2, 0.25) is 0 Å². The SMILES string of the molecule is CCC(CCC(C[C]([SnH])(CC)c1ccccc1)c1ccccc1)c1ccccc1. The van der Waals surface area contributed by atoms with E-state index in [1.54, 1.807) is 0 Å². The molecule has 0 saturated heterocycles. The van der Waals surface area contributed by atoms with E-state index in [1.807, 2.05) is 0 Å². The second-order valence-electron chi connectivity index (χ2n) is 8.28. The van der Waals surface area contributed by atoms with Gasteiger partial charge in [-0.3, -0.25) is 0 Å². The van der Waals surface area contributed by atoms with Gasteiger partial charge in [-0.1, -0.05) is 0 Å². The Balaban J connectivity index is 1.82. The van der Waals surface area contributed by atoms with Crippen molar-refractivity contribution in [2.45, 2.75) is 61.2 Å². The molecule has 0 heterocycles. The van der Waals surface area contributed by atoms with Crippen LogP contribution in [0.1, 0.15) is 74.5 Å². The molecule has 0 nitrogen and oxygen atoms in total. The number of hydrogen-bond donors (Lipinski definition) is 0. The second-order valence-corrected chi connectivity index (χ2v) is 11.4. The molecule has 3 atom stereocenters. The molecule has 3 unspecified atom stereocenters. The summed E-state index contributed by atoms with van der Waals surface area (Å²) in [6.07, 6.45) is 6.20. The van der Waals surface area contributed by atoms with Gasteiger partial charge in [-0.25, -0.2) is 0 Å². The van der Waals surface area contributed by atoms with Gasteiger partial charge in [-0.2, -0.15) is 0 Å². The summed E-state index contributed by atoms with van der Waals surface area (Å²) in [4.78, 5) is 0. The van der Waals surface area contributed by atoms with E-state index in [0.29, 0.717) is 15.3 Å². The van der Waals surface area contributed by atoms with Crippen molar-refractivity contribution in [1.82, 2.24) is 0 Å². The molecule has 0 N–H and O–H groups in total. The number of hydrogen-bond acceptors (Lipinski definition) is 0. The predicted octanol–water partition coefficient (Wildman–Crippen LogP) is 7.34. The average Bonchev–Trinajstić information content (AvgIpc) is 2.80. The molecule has 29 heavy (non-hydrogen) atoms. The summed E-state index contributed by atoms with van der Waals surface area (Å²) in [5.41, 5.74) is 4.54. The summed E-state index contributed by atoms with van der Waals surface area (Å²) in [6.45, 7) is 4.71. The molecule has 0 aliphatic rings. The van der Waals surface area contributed by atoms with Gasteiger partial charge in [0.15, 0.2) is 0 Å². The fourth-order valence-electron chi connectivity index (χ4n) is 4.52. The van der Waals surface area contributed by atoms with Gasteiger partial charge >= 0.3 is 191 Å². The molecule has 1 heteroatoms. The van der Waals surface area contributed by atoms with Crippen LogP contribution >= 0.6 is 0 Å². The van der Waals surface area contributed by atoms with Gasteiger partial charge in [0, 0.05) is 0 Å². The van der Waals surface area contributed by atoms with Gasteiger partial charge < -0.3 is 0 Å². The molecule has 0 fully saturated rings. The average molecular weight is 489 g/mol. The van der Waals surface area contributed by atoms with Crippen molar-refractivity contribution in [3.8, 4) is 0 Å². The quantitative estimate of drug-likeness (QED) is 0.262. The minimum absolute atomic E-state index is 0.335. The first-order valence-electron chi connectivity index (χ1n) is 11.1. The Kier molecular flexibility index (Phi) is 8.41. The molecule has 0 aliphatic heterocycles. The van der Waals surface area contributed by atoms with Gasteiger partial charge in [0.05, 0.1) is 0 Å². The zero-order valence-electron chi connectivity index (χ0n) is 17.9. The first-order valence-corrected chi connectivity index (χ1v) is 12.8. The molecular formula is C28H34Sn. The normalized spacial score (nSPS) is 15.4. The van der Waals surface area contributed by atoms with E-state index < -0.39 is 0 Å². The topological polar surface area (TPSA) is 0 Å². The standard InChI is InChI=1S/C28H33.Sn.H/c1-3-23(25-14-8-5-9-15-25)20-21-28(27-18-12-7-13-19-27)22-24(4-2)26-16-10-6-11-17-26;;/h5-19,23,28H,3-4,20-22H2,1-2H3;;. The zero-order valence-corrected chi connectivity index (χ0v) is 21.2. The molecule has 3 rings (SSSR count). The van der Waals surface area contributed by atoms with Gasteiger partial charge in [0.1, 0.15) is 0 Å². The third-order valence-corrected chi connectivity index (χ3v) is 9.28. The van der Waals surface area contributed by atoms with E-state index >= 15 is 0 Å². The van der Waals surface area contributed by atoms with Crippen LogP contribution in [-0.4, -0.2) is 22.5 Å². The maximum atomic E-state index is 2.37. The van der Waals surface area contributed by atoms with E-state index in [0.717, 1.165) is 0 Å². The molecule has 0 saturated carbocycles. The Morgan fingerprint density at radius 3 is 1.59 bits per heavy atom. The van der Waals surface area contributed by atoms with Crippen LogP contribution in [0, 0.1) is 0 Å². The molecule has 0 bridgehead atoms. The molecule has 0 spiro atoms. The summed E-state index contributed by atoms with van der Waals surface area (Å²) in [7, 11) is 0. The first kappa shape index (κ1) is 22.2. The molecule has 150 valence electrons. The van der Waals surface area contributed by atoms with Gasteiger partial charge in [-0.05, 0) is 0 Å². The summed E-state index contributed by atoms with van der Waals surface area (Å²) in [5, 5.41) is 0. The Hall–Kier alpha value is -1.54. The molecule has 3 aromatic carbocycles. The Morgan fingerprint density at radius 1 is 0.655 bits per heavy atom. The monoisotopic (exact) mass is 490 g/mol. The first-order chi connectivity index (χ1) is 14.2. The van der Waals surface area contributed by atoms with Gasteiger partial charge in [0.25, 0.3) is 0 Å². The zero-order chi connectivity index (χ0) is 20.5. The predicted molar refractivity (Wildman–Crippen MR) is 128 cm³/mol. The van der Waals surface area contributed by atoms with Crippen LogP contribution < -0.4 is 0 Å². The van der Waals surface area contributed by atoms with Crippen LogP contribution in [0.25, 0.3) is 0 Å². The molecule has 0 aromatic heterocycles. The third-order valence-electron chi connectivity index (χ3n) is 6.49. The summed E-state index contributed by atoms with van der Waals surface area (Å²) in [5.74, 6) is 1.27. The molecule has 0 aliphatic carbocycles. The van der Waals surface area contributed by atoms with Crippen molar-refractivity contribution in [3.05, 3.63) is 108 Å². The Labute approximate surface area is 190 Å². The van der Waals surface area contributed by atoms with Crippen molar-refractivity contribution < 1.29 is 0 Å². The van der Waals surface area contributed by atoms with E-state index in [4.69, 9.17) is 0 Å². The fourth-order valence-corrected chi connectivity index (χ4v) is 5.88. The summed E-state index contributed by atoms with van der Waals surface area (Å²) >= 11 is 1.27. The molecule has 3 aromatic rings. The summed E-state index contributed by atoms with van der Waals surface area (Å²) in [6, 6.07) is 33.6. The van der Waals surface area contributed by atoms with Crippen LogP contribution in [0.4, 0.5) is 0 Å². The summed E-state index contributed by atoms with van der Waals surface area (Å²) < 4.78 is 0.335. The minimum atomic E-state index is 0.335. The molecule has 2 radical (unpaired) electrons. The Morgan fingerprint density at radius 2 is 1.10 bits per heavy atom.